The molecular formula is C16H31N3OS. The zero-order valence-electron chi connectivity index (χ0n) is 13.9. The van der Waals surface area contributed by atoms with Crippen LogP contribution in [0.25, 0.3) is 0 Å². The molecule has 1 saturated carbocycles. The van der Waals surface area contributed by atoms with Crippen LogP contribution < -0.4 is 0 Å². The summed E-state index contributed by atoms with van der Waals surface area (Å²) >= 11 is 1.95. The molecule has 0 bridgehead atoms. The molecule has 0 aromatic rings. The Hall–Kier alpha value is -0.260. The minimum Gasteiger partial charge on any atom is -0.343 e. The van der Waals surface area contributed by atoms with E-state index in [2.05, 4.69) is 23.0 Å². The third-order valence-corrected chi connectivity index (χ3v) is 6.28. The van der Waals surface area contributed by atoms with E-state index < -0.39 is 0 Å². The maximum Gasteiger partial charge on any atom is 0.223 e. The lowest BCUT2D eigenvalue weighted by molar-refractivity contribution is -0.132. The van der Waals surface area contributed by atoms with Crippen molar-refractivity contribution >= 4 is 17.7 Å². The molecule has 2 rings (SSSR count). The lowest BCUT2D eigenvalue weighted by atomic mass is 10.2. The zero-order chi connectivity index (χ0) is 15.2. The van der Waals surface area contributed by atoms with Crippen molar-refractivity contribution in [3.8, 4) is 0 Å². The highest BCUT2D eigenvalue weighted by Gasteiger charge is 2.29. The third-order valence-electron chi connectivity index (χ3n) is 5.19. The van der Waals surface area contributed by atoms with Gasteiger partial charge in [0.05, 0.1) is 0 Å². The third kappa shape index (κ3) is 4.86. The van der Waals surface area contributed by atoms with Crippen LogP contribution in [-0.2, 0) is 4.79 Å². The van der Waals surface area contributed by atoms with E-state index in [4.69, 9.17) is 0 Å². The Balaban J connectivity index is 1.67. The van der Waals surface area contributed by atoms with Gasteiger partial charge in [-0.3, -0.25) is 4.79 Å². The van der Waals surface area contributed by atoms with Crippen LogP contribution in [0, 0.1) is 0 Å². The first-order valence-electron chi connectivity index (χ1n) is 8.37. The molecule has 1 amide bonds. The Morgan fingerprint density at radius 3 is 2.43 bits per heavy atom. The molecule has 1 saturated heterocycles. The van der Waals surface area contributed by atoms with Crippen LogP contribution in [0.15, 0.2) is 0 Å². The first-order valence-corrected chi connectivity index (χ1v) is 9.66. The Morgan fingerprint density at radius 2 is 1.86 bits per heavy atom. The van der Waals surface area contributed by atoms with E-state index in [1.807, 2.05) is 23.7 Å². The fourth-order valence-corrected chi connectivity index (χ4v) is 4.23. The molecule has 1 aliphatic heterocycles. The summed E-state index contributed by atoms with van der Waals surface area (Å²) < 4.78 is 0. The fraction of sp³-hybridized carbons (Fsp3) is 0.938. The average Bonchev–Trinajstić information content (AvgIpc) is 3.01. The van der Waals surface area contributed by atoms with Crippen molar-refractivity contribution in [2.45, 2.75) is 43.9 Å². The predicted octanol–water partition coefficient (Wildman–Crippen LogP) is 1.76. The summed E-state index contributed by atoms with van der Waals surface area (Å²) in [6.07, 6.45) is 6.50. The molecule has 0 N–H and O–H groups in total. The van der Waals surface area contributed by atoms with Gasteiger partial charge in [-0.05, 0) is 32.1 Å². The molecule has 0 aromatic heterocycles. The second-order valence-corrected chi connectivity index (χ2v) is 7.49. The Morgan fingerprint density at radius 1 is 1.19 bits per heavy atom. The number of piperazine rings is 1. The van der Waals surface area contributed by atoms with E-state index in [0.29, 0.717) is 18.4 Å². The highest BCUT2D eigenvalue weighted by atomic mass is 32.2. The Labute approximate surface area is 134 Å². The summed E-state index contributed by atoms with van der Waals surface area (Å²) in [5.41, 5.74) is 0. The predicted molar refractivity (Wildman–Crippen MR) is 90.9 cm³/mol. The number of carbonyl (C=O) groups excluding carboxylic acids is 1. The van der Waals surface area contributed by atoms with Crippen LogP contribution in [0.4, 0.5) is 0 Å². The van der Waals surface area contributed by atoms with Crippen LogP contribution in [0.5, 0.6) is 0 Å². The molecule has 0 radical (unpaired) electrons. The van der Waals surface area contributed by atoms with E-state index in [-0.39, 0.29) is 0 Å². The summed E-state index contributed by atoms with van der Waals surface area (Å²) in [6.45, 7) is 8.83. The Kier molecular flexibility index (Phi) is 6.83. The lowest BCUT2D eigenvalue weighted by Crippen LogP contribution is -2.47. The maximum atomic E-state index is 12.4. The number of carbonyl (C=O) groups is 1. The van der Waals surface area contributed by atoms with Crippen molar-refractivity contribution in [1.82, 2.24) is 14.7 Å². The molecule has 2 atom stereocenters. The van der Waals surface area contributed by atoms with Gasteiger partial charge in [-0.25, -0.2) is 0 Å². The minimum absolute atomic E-state index is 0.333. The second-order valence-electron chi connectivity index (χ2n) is 6.36. The smallest absolute Gasteiger partial charge is 0.223 e. The van der Waals surface area contributed by atoms with Crippen molar-refractivity contribution in [1.29, 1.82) is 0 Å². The van der Waals surface area contributed by atoms with Crippen LogP contribution >= 0.6 is 11.8 Å². The van der Waals surface area contributed by atoms with Gasteiger partial charge < -0.3 is 14.7 Å². The van der Waals surface area contributed by atoms with Crippen molar-refractivity contribution in [2.24, 2.45) is 0 Å². The van der Waals surface area contributed by atoms with Gasteiger partial charge in [0.15, 0.2) is 0 Å². The van der Waals surface area contributed by atoms with Gasteiger partial charge in [0.1, 0.15) is 0 Å². The fourth-order valence-electron chi connectivity index (χ4n) is 3.45. The van der Waals surface area contributed by atoms with Crippen molar-refractivity contribution in [2.75, 3.05) is 52.6 Å². The van der Waals surface area contributed by atoms with Crippen molar-refractivity contribution < 1.29 is 4.79 Å². The molecule has 4 nitrogen and oxygen atoms in total. The normalized spacial score (nSPS) is 28.0. The quantitative estimate of drug-likeness (QED) is 0.746. The summed E-state index contributed by atoms with van der Waals surface area (Å²) in [5.74, 6) is 0.333. The lowest BCUT2D eigenvalue weighted by Gasteiger charge is -2.34. The largest absolute Gasteiger partial charge is 0.343 e. The first-order chi connectivity index (χ1) is 10.1. The van der Waals surface area contributed by atoms with E-state index in [1.165, 1.54) is 19.3 Å². The SMILES string of the molecule is CCN1CCN(CCC(=O)N(C)[C@H]2CC[C@@H](SC)C2)CC1. The van der Waals surface area contributed by atoms with Gasteiger partial charge in [0, 0.05) is 57.5 Å². The molecular weight excluding hydrogens is 282 g/mol. The molecule has 0 spiro atoms. The van der Waals surface area contributed by atoms with Crippen molar-refractivity contribution in [3.63, 3.8) is 0 Å². The van der Waals surface area contributed by atoms with Gasteiger partial charge in [0.25, 0.3) is 0 Å². The van der Waals surface area contributed by atoms with Crippen LogP contribution in [0.2, 0.25) is 0 Å². The number of nitrogens with zero attached hydrogens (tertiary/aromatic N) is 3. The van der Waals surface area contributed by atoms with Crippen LogP contribution in [0.1, 0.15) is 32.6 Å². The highest BCUT2D eigenvalue weighted by Crippen LogP contribution is 2.31. The number of thioether (sulfide) groups is 1. The van der Waals surface area contributed by atoms with Gasteiger partial charge in [-0.15, -0.1) is 0 Å². The molecule has 122 valence electrons. The number of rotatable bonds is 6. The van der Waals surface area contributed by atoms with Crippen LogP contribution in [-0.4, -0.2) is 84.5 Å². The standard InChI is InChI=1S/C16H31N3OS/c1-4-18-9-11-19(12-10-18)8-7-16(20)17(2)14-5-6-15(13-14)21-3/h14-15H,4-13H2,1-3H3/t14-,15+/m0/s1. The van der Waals surface area contributed by atoms with Crippen molar-refractivity contribution in [3.05, 3.63) is 0 Å². The minimum atomic E-state index is 0.333. The molecule has 21 heavy (non-hydrogen) atoms. The zero-order valence-corrected chi connectivity index (χ0v) is 14.7. The number of hydrogen-bond acceptors (Lipinski definition) is 4. The topological polar surface area (TPSA) is 26.8 Å². The van der Waals surface area contributed by atoms with Gasteiger partial charge in [-0.2, -0.15) is 11.8 Å². The first kappa shape index (κ1) is 17.1. The summed E-state index contributed by atoms with van der Waals surface area (Å²) in [7, 11) is 2.00. The molecule has 5 heteroatoms. The van der Waals surface area contributed by atoms with Gasteiger partial charge >= 0.3 is 0 Å². The molecule has 0 aromatic carbocycles. The molecule has 0 unspecified atom stereocenters. The Bertz CT molecular complexity index is 331. The molecule has 1 aliphatic carbocycles. The molecule has 1 heterocycles. The van der Waals surface area contributed by atoms with E-state index in [1.54, 1.807) is 0 Å². The highest BCUT2D eigenvalue weighted by molar-refractivity contribution is 7.99. The number of hydrogen-bond donors (Lipinski definition) is 0. The summed E-state index contributed by atoms with van der Waals surface area (Å²) in [4.78, 5) is 19.3. The molecule has 2 fully saturated rings. The van der Waals surface area contributed by atoms with Crippen LogP contribution in [0.3, 0.4) is 0 Å². The second kappa shape index (κ2) is 8.39. The van der Waals surface area contributed by atoms with Gasteiger partial charge in [-0.1, -0.05) is 6.92 Å². The average molecular weight is 314 g/mol. The monoisotopic (exact) mass is 313 g/mol. The number of amides is 1. The maximum absolute atomic E-state index is 12.4. The summed E-state index contributed by atoms with van der Waals surface area (Å²) in [5, 5.41) is 0.757. The molecule has 2 aliphatic rings. The van der Waals surface area contributed by atoms with E-state index in [9.17, 15) is 4.79 Å². The van der Waals surface area contributed by atoms with Gasteiger partial charge in [0.2, 0.25) is 5.91 Å². The van der Waals surface area contributed by atoms with E-state index in [0.717, 1.165) is 44.5 Å². The van der Waals surface area contributed by atoms with E-state index >= 15 is 0 Å². The number of likely N-dealkylation sites (N-methyl/N-ethyl adjacent to an activating group) is 1. The summed E-state index contributed by atoms with van der Waals surface area (Å²) in [6, 6.07) is 0.479.